The van der Waals surface area contributed by atoms with Gasteiger partial charge in [-0.05, 0) is 29.8 Å². The Labute approximate surface area is 192 Å². The minimum atomic E-state index is -1.00. The van der Waals surface area contributed by atoms with E-state index in [0.29, 0.717) is 16.9 Å². The number of nitrogens with zero attached hydrogens (tertiary/aromatic N) is 2. The Morgan fingerprint density at radius 1 is 1.09 bits per heavy atom. The topological polar surface area (TPSA) is 83.6 Å². The van der Waals surface area contributed by atoms with Crippen LogP contribution >= 0.6 is 15.9 Å². The SMILES string of the molecule is CC(C)(C)c1cc(N2C(=O)C(=O)C(=C(O)c3ccc(Br)cc3)[C@H]2c2ccc(F)cc2)no1. The lowest BCUT2D eigenvalue weighted by Gasteiger charge is -2.23. The highest BCUT2D eigenvalue weighted by molar-refractivity contribution is 9.10. The summed E-state index contributed by atoms with van der Waals surface area (Å²) < 4.78 is 19.8. The number of anilines is 1. The number of halogens is 2. The quantitative estimate of drug-likeness (QED) is 0.292. The highest BCUT2D eigenvalue weighted by atomic mass is 79.9. The van der Waals surface area contributed by atoms with Gasteiger partial charge < -0.3 is 9.63 Å². The first-order valence-electron chi connectivity index (χ1n) is 9.87. The van der Waals surface area contributed by atoms with Crippen molar-refractivity contribution in [3.8, 4) is 0 Å². The van der Waals surface area contributed by atoms with E-state index in [4.69, 9.17) is 4.52 Å². The molecule has 0 bridgehead atoms. The number of Topliss-reactive ketones (excluding diaryl/α,β-unsaturated/α-hetero) is 1. The van der Waals surface area contributed by atoms with Crippen LogP contribution in [-0.4, -0.2) is 22.0 Å². The van der Waals surface area contributed by atoms with Crippen LogP contribution in [-0.2, 0) is 15.0 Å². The molecule has 0 unspecified atom stereocenters. The zero-order valence-electron chi connectivity index (χ0n) is 17.6. The summed E-state index contributed by atoms with van der Waals surface area (Å²) >= 11 is 3.33. The number of benzene rings is 2. The largest absolute Gasteiger partial charge is 0.507 e. The van der Waals surface area contributed by atoms with Gasteiger partial charge in [-0.2, -0.15) is 0 Å². The maximum atomic E-state index is 13.6. The summed E-state index contributed by atoms with van der Waals surface area (Å²) in [5.74, 6) is -1.84. The van der Waals surface area contributed by atoms with Gasteiger partial charge in [0.1, 0.15) is 17.3 Å². The normalized spacial score (nSPS) is 18.4. The summed E-state index contributed by atoms with van der Waals surface area (Å²) in [6.45, 7) is 5.78. The van der Waals surface area contributed by atoms with Crippen molar-refractivity contribution < 1.29 is 23.6 Å². The molecule has 2 heterocycles. The van der Waals surface area contributed by atoms with E-state index in [1.807, 2.05) is 20.8 Å². The van der Waals surface area contributed by atoms with Crippen molar-refractivity contribution in [2.75, 3.05) is 4.90 Å². The molecule has 3 aromatic rings. The van der Waals surface area contributed by atoms with Gasteiger partial charge >= 0.3 is 5.91 Å². The summed E-state index contributed by atoms with van der Waals surface area (Å²) in [5.41, 5.74) is 0.337. The maximum absolute atomic E-state index is 13.6. The molecule has 8 heteroatoms. The number of hydrogen-bond donors (Lipinski definition) is 1. The molecule has 2 aromatic carbocycles. The standard InChI is InChI=1S/C24H20BrFN2O4/c1-24(2,3)17-12-18(27-32-17)28-20(13-6-10-16(26)11-7-13)19(22(30)23(28)31)21(29)14-4-8-15(25)9-5-14/h4-12,20,29H,1-3H3/t20-/m1/s1. The second-order valence-corrected chi connectivity index (χ2v) is 9.44. The van der Waals surface area contributed by atoms with E-state index in [-0.39, 0.29) is 22.6 Å². The predicted octanol–water partition coefficient (Wildman–Crippen LogP) is 5.50. The molecule has 1 aliphatic rings. The van der Waals surface area contributed by atoms with Crippen molar-refractivity contribution >= 4 is 39.2 Å². The fourth-order valence-corrected chi connectivity index (χ4v) is 3.79. The third-order valence-corrected chi connectivity index (χ3v) is 5.76. The summed E-state index contributed by atoms with van der Waals surface area (Å²) in [7, 11) is 0. The van der Waals surface area contributed by atoms with Gasteiger partial charge in [0.2, 0.25) is 0 Å². The summed E-state index contributed by atoms with van der Waals surface area (Å²) in [5, 5.41) is 15.0. The Hall–Kier alpha value is -3.26. The number of aliphatic hydroxyl groups excluding tert-OH is 1. The molecule has 1 aliphatic heterocycles. The van der Waals surface area contributed by atoms with Crippen LogP contribution in [0.4, 0.5) is 10.2 Å². The van der Waals surface area contributed by atoms with E-state index in [1.165, 1.54) is 29.2 Å². The Morgan fingerprint density at radius 2 is 1.72 bits per heavy atom. The number of rotatable bonds is 3. The smallest absolute Gasteiger partial charge is 0.301 e. The van der Waals surface area contributed by atoms with Crippen molar-refractivity contribution in [2.45, 2.75) is 32.2 Å². The Morgan fingerprint density at radius 3 is 2.28 bits per heavy atom. The van der Waals surface area contributed by atoms with Crippen LogP contribution < -0.4 is 4.90 Å². The number of hydrogen-bond acceptors (Lipinski definition) is 5. The van der Waals surface area contributed by atoms with Crippen LogP contribution in [0, 0.1) is 5.82 Å². The van der Waals surface area contributed by atoms with Crippen LogP contribution in [0.1, 0.15) is 43.7 Å². The maximum Gasteiger partial charge on any atom is 0.301 e. The predicted molar refractivity (Wildman–Crippen MR) is 121 cm³/mol. The number of ketones is 1. The molecule has 4 rings (SSSR count). The second-order valence-electron chi connectivity index (χ2n) is 8.53. The number of amides is 1. The fourth-order valence-electron chi connectivity index (χ4n) is 3.53. The minimum absolute atomic E-state index is 0.107. The average Bonchev–Trinajstić information content (AvgIpc) is 3.32. The number of carbonyl (C=O) groups is 2. The van der Waals surface area contributed by atoms with Crippen LogP contribution in [0.5, 0.6) is 0 Å². The first-order chi connectivity index (χ1) is 15.1. The molecule has 6 nitrogen and oxygen atoms in total. The van der Waals surface area contributed by atoms with Gasteiger partial charge in [-0.3, -0.25) is 14.5 Å². The summed E-state index contributed by atoms with van der Waals surface area (Å²) in [4.78, 5) is 27.3. The first-order valence-corrected chi connectivity index (χ1v) is 10.7. The Bertz CT molecular complexity index is 1220. The lowest BCUT2D eigenvalue weighted by molar-refractivity contribution is -0.132. The van der Waals surface area contributed by atoms with Crippen molar-refractivity contribution in [1.29, 1.82) is 0 Å². The van der Waals surface area contributed by atoms with Gasteiger partial charge in [0, 0.05) is 21.5 Å². The fraction of sp³-hybridized carbons (Fsp3) is 0.208. The molecule has 1 N–H and O–H groups in total. The van der Waals surface area contributed by atoms with Crippen LogP contribution in [0.2, 0.25) is 0 Å². The molecule has 0 spiro atoms. The van der Waals surface area contributed by atoms with Gasteiger partial charge in [0.15, 0.2) is 5.82 Å². The molecule has 1 fully saturated rings. The monoisotopic (exact) mass is 498 g/mol. The van der Waals surface area contributed by atoms with Gasteiger partial charge in [-0.1, -0.05) is 66.1 Å². The Balaban J connectivity index is 1.91. The first kappa shape index (κ1) is 22.0. The van der Waals surface area contributed by atoms with Crippen molar-refractivity contribution in [3.05, 3.63) is 87.3 Å². The second kappa shape index (κ2) is 8.02. The summed E-state index contributed by atoms with van der Waals surface area (Å²) in [6, 6.07) is 12.7. The minimum Gasteiger partial charge on any atom is -0.507 e. The zero-order chi connectivity index (χ0) is 23.2. The van der Waals surface area contributed by atoms with Crippen molar-refractivity contribution in [2.24, 2.45) is 0 Å². The highest BCUT2D eigenvalue weighted by Gasteiger charge is 2.48. The molecular weight excluding hydrogens is 479 g/mol. The van der Waals surface area contributed by atoms with Gasteiger partial charge in [-0.15, -0.1) is 0 Å². The lowest BCUT2D eigenvalue weighted by Crippen LogP contribution is -2.29. The molecule has 0 radical (unpaired) electrons. The molecular formula is C24H20BrFN2O4. The molecule has 1 saturated heterocycles. The van der Waals surface area contributed by atoms with E-state index in [2.05, 4.69) is 21.1 Å². The molecule has 0 saturated carbocycles. The third-order valence-electron chi connectivity index (χ3n) is 5.23. The van der Waals surface area contributed by atoms with E-state index in [0.717, 1.165) is 4.47 Å². The highest BCUT2D eigenvalue weighted by Crippen LogP contribution is 2.42. The van der Waals surface area contributed by atoms with E-state index < -0.39 is 23.5 Å². The van der Waals surface area contributed by atoms with Gasteiger partial charge in [0.05, 0.1) is 11.6 Å². The van der Waals surface area contributed by atoms with Gasteiger partial charge in [0.25, 0.3) is 5.78 Å². The van der Waals surface area contributed by atoms with Crippen molar-refractivity contribution in [3.63, 3.8) is 0 Å². The molecule has 32 heavy (non-hydrogen) atoms. The lowest BCUT2D eigenvalue weighted by atomic mass is 9.93. The molecule has 1 atom stereocenters. The molecule has 0 aliphatic carbocycles. The third kappa shape index (κ3) is 3.86. The molecule has 164 valence electrons. The Kier molecular flexibility index (Phi) is 5.50. The van der Waals surface area contributed by atoms with Crippen molar-refractivity contribution in [1.82, 2.24) is 5.16 Å². The molecule has 1 aromatic heterocycles. The summed E-state index contributed by atoms with van der Waals surface area (Å²) in [6.07, 6.45) is 0. The van der Waals surface area contributed by atoms with Gasteiger partial charge in [-0.25, -0.2) is 4.39 Å². The van der Waals surface area contributed by atoms with E-state index in [9.17, 15) is 19.1 Å². The number of aromatic nitrogens is 1. The zero-order valence-corrected chi connectivity index (χ0v) is 19.2. The van der Waals surface area contributed by atoms with E-state index in [1.54, 1.807) is 30.3 Å². The van der Waals surface area contributed by atoms with Crippen LogP contribution in [0.25, 0.3) is 5.76 Å². The van der Waals surface area contributed by atoms with Crippen LogP contribution in [0.3, 0.4) is 0 Å². The van der Waals surface area contributed by atoms with E-state index >= 15 is 0 Å². The molecule has 1 amide bonds. The number of aliphatic hydroxyl groups is 1. The number of carbonyl (C=O) groups excluding carboxylic acids is 2. The average molecular weight is 499 g/mol. The van der Waals surface area contributed by atoms with Crippen LogP contribution in [0.15, 0.2) is 69.2 Å².